The maximum Gasteiger partial charge on any atom is 0.252 e. The Labute approximate surface area is 127 Å². The fourth-order valence-corrected chi connectivity index (χ4v) is 2.63. The standard InChI is InChI=1S/C16H18FNO2S/c1-16(2,20-3)15(19)18-14(13-5-4-10-21-13)11-6-8-12(17)9-7-11/h4-10,14H,1-3H3,(H,18,19). The highest BCUT2D eigenvalue weighted by Gasteiger charge is 2.30. The molecule has 21 heavy (non-hydrogen) atoms. The Morgan fingerprint density at radius 1 is 1.29 bits per heavy atom. The van der Waals surface area contributed by atoms with Crippen LogP contribution in [0.5, 0.6) is 0 Å². The van der Waals surface area contributed by atoms with Crippen molar-refractivity contribution in [3.8, 4) is 0 Å². The topological polar surface area (TPSA) is 38.3 Å². The molecule has 0 saturated heterocycles. The number of thiophene rings is 1. The number of nitrogens with one attached hydrogen (secondary N) is 1. The summed E-state index contributed by atoms with van der Waals surface area (Å²) in [7, 11) is 1.50. The lowest BCUT2D eigenvalue weighted by Gasteiger charge is -2.26. The minimum absolute atomic E-state index is 0.215. The Bertz CT molecular complexity index is 593. The Hall–Kier alpha value is -1.72. The summed E-state index contributed by atoms with van der Waals surface area (Å²) in [6, 6.07) is 9.70. The summed E-state index contributed by atoms with van der Waals surface area (Å²) in [6.07, 6.45) is 0. The van der Waals surface area contributed by atoms with E-state index in [-0.39, 0.29) is 17.8 Å². The van der Waals surface area contributed by atoms with E-state index >= 15 is 0 Å². The number of benzene rings is 1. The van der Waals surface area contributed by atoms with Crippen LogP contribution in [0.25, 0.3) is 0 Å². The normalized spacial score (nSPS) is 13.0. The van der Waals surface area contributed by atoms with E-state index in [1.165, 1.54) is 19.2 Å². The third-order valence-corrected chi connectivity index (χ3v) is 4.30. The van der Waals surface area contributed by atoms with Gasteiger partial charge in [-0.15, -0.1) is 11.3 Å². The SMILES string of the molecule is COC(C)(C)C(=O)NC(c1ccc(F)cc1)c1cccs1. The highest BCUT2D eigenvalue weighted by atomic mass is 32.1. The van der Waals surface area contributed by atoms with Crippen molar-refractivity contribution < 1.29 is 13.9 Å². The zero-order chi connectivity index (χ0) is 15.5. The molecule has 0 aliphatic heterocycles. The fraction of sp³-hybridized carbons (Fsp3) is 0.312. The predicted molar refractivity (Wildman–Crippen MR) is 81.8 cm³/mol. The van der Waals surface area contributed by atoms with Gasteiger partial charge in [-0.3, -0.25) is 4.79 Å². The summed E-state index contributed by atoms with van der Waals surface area (Å²) in [4.78, 5) is 13.3. The van der Waals surface area contributed by atoms with Gasteiger partial charge in [0.05, 0.1) is 6.04 Å². The Morgan fingerprint density at radius 2 is 1.95 bits per heavy atom. The Balaban J connectivity index is 2.30. The molecule has 112 valence electrons. The molecular weight excluding hydrogens is 289 g/mol. The van der Waals surface area contributed by atoms with Crippen LogP contribution in [0.15, 0.2) is 41.8 Å². The highest BCUT2D eigenvalue weighted by Crippen LogP contribution is 2.27. The number of halogens is 1. The van der Waals surface area contributed by atoms with E-state index in [9.17, 15) is 9.18 Å². The molecule has 1 amide bonds. The molecule has 0 saturated carbocycles. The molecule has 0 radical (unpaired) electrons. The summed E-state index contributed by atoms with van der Waals surface area (Å²) in [5.41, 5.74) is -0.0886. The van der Waals surface area contributed by atoms with Crippen LogP contribution in [0.4, 0.5) is 4.39 Å². The van der Waals surface area contributed by atoms with Crippen LogP contribution in [0.1, 0.15) is 30.3 Å². The molecule has 1 aromatic carbocycles. The smallest absolute Gasteiger partial charge is 0.252 e. The molecular formula is C16H18FNO2S. The number of amides is 1. The maximum atomic E-state index is 13.1. The molecule has 1 N–H and O–H groups in total. The lowest BCUT2D eigenvalue weighted by atomic mass is 10.0. The molecule has 0 bridgehead atoms. The molecule has 5 heteroatoms. The summed E-state index contributed by atoms with van der Waals surface area (Å²) < 4.78 is 18.3. The predicted octanol–water partition coefficient (Wildman–Crippen LogP) is 3.52. The van der Waals surface area contributed by atoms with Crippen LogP contribution in [-0.2, 0) is 9.53 Å². The lowest BCUT2D eigenvalue weighted by Crippen LogP contribution is -2.45. The van der Waals surface area contributed by atoms with Crippen molar-refractivity contribution in [2.24, 2.45) is 0 Å². The van der Waals surface area contributed by atoms with Gasteiger partial charge < -0.3 is 10.1 Å². The van der Waals surface area contributed by atoms with E-state index in [0.717, 1.165) is 10.4 Å². The van der Waals surface area contributed by atoms with Crippen molar-refractivity contribution in [2.75, 3.05) is 7.11 Å². The molecule has 0 aliphatic carbocycles. The van der Waals surface area contributed by atoms with Crippen LogP contribution in [-0.4, -0.2) is 18.6 Å². The van der Waals surface area contributed by atoms with Gasteiger partial charge in [0.15, 0.2) is 0 Å². The molecule has 1 heterocycles. The van der Waals surface area contributed by atoms with Crippen LogP contribution in [0.2, 0.25) is 0 Å². The molecule has 2 rings (SSSR count). The first-order chi connectivity index (χ1) is 9.94. The number of carbonyl (C=O) groups is 1. The third kappa shape index (κ3) is 3.68. The third-order valence-electron chi connectivity index (χ3n) is 3.36. The van der Waals surface area contributed by atoms with Crippen LogP contribution in [0, 0.1) is 5.82 Å². The van der Waals surface area contributed by atoms with Crippen LogP contribution < -0.4 is 5.32 Å². The first-order valence-corrected chi connectivity index (χ1v) is 7.47. The number of methoxy groups -OCH3 is 1. The van der Waals surface area contributed by atoms with Crippen molar-refractivity contribution in [3.63, 3.8) is 0 Å². The first-order valence-electron chi connectivity index (χ1n) is 6.59. The minimum atomic E-state index is -0.921. The summed E-state index contributed by atoms with van der Waals surface area (Å²) in [5, 5.41) is 4.91. The number of rotatable bonds is 5. The van der Waals surface area contributed by atoms with Crippen molar-refractivity contribution in [1.29, 1.82) is 0 Å². The summed E-state index contributed by atoms with van der Waals surface area (Å²) >= 11 is 1.54. The van der Waals surface area contributed by atoms with E-state index in [1.54, 1.807) is 37.3 Å². The van der Waals surface area contributed by atoms with Gasteiger partial charge in [0, 0.05) is 12.0 Å². The second-order valence-corrected chi connectivity index (χ2v) is 6.17. The number of hydrogen-bond acceptors (Lipinski definition) is 3. The van der Waals surface area contributed by atoms with E-state index in [1.807, 2.05) is 17.5 Å². The Morgan fingerprint density at radius 3 is 2.48 bits per heavy atom. The number of carbonyl (C=O) groups excluding carboxylic acids is 1. The van der Waals surface area contributed by atoms with Crippen LogP contribution >= 0.6 is 11.3 Å². The van der Waals surface area contributed by atoms with Gasteiger partial charge in [0.25, 0.3) is 5.91 Å². The van der Waals surface area contributed by atoms with Gasteiger partial charge in [-0.1, -0.05) is 18.2 Å². The van der Waals surface area contributed by atoms with E-state index < -0.39 is 5.60 Å². The molecule has 3 nitrogen and oxygen atoms in total. The maximum absolute atomic E-state index is 13.1. The molecule has 0 spiro atoms. The molecule has 1 unspecified atom stereocenters. The molecule has 0 aliphatic rings. The number of ether oxygens (including phenoxy) is 1. The van der Waals surface area contributed by atoms with Gasteiger partial charge in [-0.05, 0) is 43.0 Å². The van der Waals surface area contributed by atoms with Gasteiger partial charge in [-0.25, -0.2) is 4.39 Å². The van der Waals surface area contributed by atoms with Crippen molar-refractivity contribution in [1.82, 2.24) is 5.32 Å². The van der Waals surface area contributed by atoms with Crippen molar-refractivity contribution in [3.05, 3.63) is 58.0 Å². The van der Waals surface area contributed by atoms with Crippen LogP contribution in [0.3, 0.4) is 0 Å². The van der Waals surface area contributed by atoms with E-state index in [0.29, 0.717) is 0 Å². The zero-order valence-electron chi connectivity index (χ0n) is 12.2. The van der Waals surface area contributed by atoms with Crippen molar-refractivity contribution >= 4 is 17.2 Å². The average molecular weight is 307 g/mol. The number of hydrogen-bond donors (Lipinski definition) is 1. The minimum Gasteiger partial charge on any atom is -0.369 e. The molecule has 2 aromatic rings. The molecule has 1 aromatic heterocycles. The Kier molecular flexibility index (Phi) is 4.75. The van der Waals surface area contributed by atoms with Crippen molar-refractivity contribution in [2.45, 2.75) is 25.5 Å². The zero-order valence-corrected chi connectivity index (χ0v) is 13.0. The van der Waals surface area contributed by atoms with E-state index in [2.05, 4.69) is 5.32 Å². The van der Waals surface area contributed by atoms with E-state index in [4.69, 9.17) is 4.74 Å². The van der Waals surface area contributed by atoms with Gasteiger partial charge >= 0.3 is 0 Å². The largest absolute Gasteiger partial charge is 0.369 e. The average Bonchev–Trinajstić information content (AvgIpc) is 2.99. The lowest BCUT2D eigenvalue weighted by molar-refractivity contribution is -0.140. The summed E-state index contributed by atoms with van der Waals surface area (Å²) in [6.45, 7) is 3.41. The quantitative estimate of drug-likeness (QED) is 0.918. The molecule has 1 atom stereocenters. The summed E-state index contributed by atoms with van der Waals surface area (Å²) in [5.74, 6) is -0.514. The fourth-order valence-electron chi connectivity index (χ4n) is 1.83. The monoisotopic (exact) mass is 307 g/mol. The molecule has 0 fully saturated rings. The van der Waals surface area contributed by atoms with Gasteiger partial charge in [-0.2, -0.15) is 0 Å². The van der Waals surface area contributed by atoms with Gasteiger partial charge in [0.2, 0.25) is 0 Å². The first kappa shape index (κ1) is 15.7. The second-order valence-electron chi connectivity index (χ2n) is 5.19. The van der Waals surface area contributed by atoms with Gasteiger partial charge in [0.1, 0.15) is 11.4 Å². The highest BCUT2D eigenvalue weighted by molar-refractivity contribution is 7.10. The second kappa shape index (κ2) is 6.37.